The topological polar surface area (TPSA) is 39.0 Å². The highest BCUT2D eigenvalue weighted by atomic mass is 15.0. The average molecular weight is 158 g/mol. The zero-order valence-corrected chi connectivity index (χ0v) is 6.44. The van der Waals surface area contributed by atoms with E-state index in [4.69, 9.17) is 0 Å². The van der Waals surface area contributed by atoms with Gasteiger partial charge in [0.1, 0.15) is 0 Å². The molecule has 0 amide bonds. The summed E-state index contributed by atoms with van der Waals surface area (Å²) in [6.45, 7) is 0. The molecule has 0 bridgehead atoms. The summed E-state index contributed by atoms with van der Waals surface area (Å²) in [4.78, 5) is 8.16. The highest BCUT2D eigenvalue weighted by molar-refractivity contribution is 5.50. The number of anilines is 2. The summed E-state index contributed by atoms with van der Waals surface area (Å²) < 4.78 is 0. The summed E-state index contributed by atoms with van der Waals surface area (Å²) in [6, 6.07) is 9.48. The Labute approximate surface area is 70.5 Å². The van der Waals surface area contributed by atoms with Gasteiger partial charge in [-0.15, -0.1) is 0 Å². The Bertz CT molecular complexity index is 326. The summed E-state index contributed by atoms with van der Waals surface area (Å²) in [5, 5.41) is 3.06. The van der Waals surface area contributed by atoms with Crippen LogP contribution < -0.4 is 10.3 Å². The molecule has 0 radical (unpaired) electrons. The third-order valence-corrected chi connectivity index (χ3v) is 1.47. The van der Waals surface area contributed by atoms with Crippen molar-refractivity contribution in [2.75, 3.05) is 5.32 Å². The van der Waals surface area contributed by atoms with Gasteiger partial charge in [-0.3, -0.25) is 4.98 Å². The number of hydrogen-bond acceptors (Lipinski definition) is 2. The Hall–Kier alpha value is -1.77. The summed E-state index contributed by atoms with van der Waals surface area (Å²) in [5.74, 6) is 1.64. The van der Waals surface area contributed by atoms with Crippen molar-refractivity contribution in [2.45, 2.75) is 0 Å². The van der Waals surface area contributed by atoms with E-state index in [0.29, 0.717) is 0 Å². The Morgan fingerprint density at radius 2 is 2.17 bits per heavy atom. The van der Waals surface area contributed by atoms with E-state index in [1.807, 2.05) is 30.3 Å². The quantitative estimate of drug-likeness (QED) is 0.724. The molecule has 0 saturated heterocycles. The van der Waals surface area contributed by atoms with E-state index in [9.17, 15) is 0 Å². The lowest BCUT2D eigenvalue weighted by atomic mass is 10.4. The van der Waals surface area contributed by atoms with E-state index < -0.39 is 0 Å². The second kappa shape index (κ2) is 3.09. The van der Waals surface area contributed by atoms with Gasteiger partial charge >= 0.3 is 0 Å². The zero-order chi connectivity index (χ0) is 8.23. The first-order valence-corrected chi connectivity index (χ1v) is 3.71. The van der Waals surface area contributed by atoms with E-state index in [1.54, 1.807) is 12.4 Å². The van der Waals surface area contributed by atoms with E-state index in [1.165, 1.54) is 0 Å². The van der Waals surface area contributed by atoms with Gasteiger partial charge in [0.15, 0.2) is 0 Å². The normalized spacial score (nSPS) is 9.67. The fourth-order valence-electron chi connectivity index (χ4n) is 0.942. The van der Waals surface area contributed by atoms with E-state index in [2.05, 4.69) is 15.3 Å². The molecule has 0 spiro atoms. The van der Waals surface area contributed by atoms with E-state index >= 15 is 0 Å². The second-order valence-corrected chi connectivity index (χ2v) is 2.36. The first-order chi connectivity index (χ1) is 5.95. The van der Waals surface area contributed by atoms with Crippen molar-refractivity contribution < 1.29 is 0 Å². The standard InChI is InChI=1S/C9H8N3/c1-2-6-10-8(4-1)12-9-5-3-7-11-9/h1-7H,(H,10,12)/q-1. The molecule has 60 valence electrons. The molecule has 2 aromatic heterocycles. The molecule has 0 aromatic carbocycles. The molecule has 2 heterocycles. The van der Waals surface area contributed by atoms with Crippen LogP contribution in [0.3, 0.4) is 0 Å². The molecule has 0 aliphatic heterocycles. The van der Waals surface area contributed by atoms with Crippen LogP contribution in [0.4, 0.5) is 11.6 Å². The Morgan fingerprint density at radius 3 is 2.83 bits per heavy atom. The molecule has 0 aliphatic carbocycles. The van der Waals surface area contributed by atoms with Gasteiger partial charge in [-0.25, -0.2) is 0 Å². The molecule has 0 atom stereocenters. The predicted octanol–water partition coefficient (Wildman–Crippen LogP) is 1.78. The molecule has 0 aliphatic rings. The molecule has 3 nitrogen and oxygen atoms in total. The maximum Gasteiger partial charge on any atom is 0.0486 e. The van der Waals surface area contributed by atoms with Crippen molar-refractivity contribution in [3.05, 3.63) is 42.7 Å². The van der Waals surface area contributed by atoms with Crippen molar-refractivity contribution in [2.24, 2.45) is 0 Å². The average Bonchev–Trinajstić information content (AvgIpc) is 2.59. The molecule has 12 heavy (non-hydrogen) atoms. The molecule has 2 aromatic rings. The largest absolute Gasteiger partial charge is 0.443 e. The van der Waals surface area contributed by atoms with Crippen LogP contribution in [0, 0.1) is 0 Å². The number of nitrogens with zero attached hydrogens (tertiary/aromatic N) is 2. The first-order valence-electron chi connectivity index (χ1n) is 3.71. The summed E-state index contributed by atoms with van der Waals surface area (Å²) >= 11 is 0. The van der Waals surface area contributed by atoms with Crippen LogP contribution in [-0.4, -0.2) is 4.98 Å². The van der Waals surface area contributed by atoms with Crippen LogP contribution in [0.5, 0.6) is 0 Å². The summed E-state index contributed by atoms with van der Waals surface area (Å²) in [6.07, 6.45) is 3.48. The van der Waals surface area contributed by atoms with E-state index in [-0.39, 0.29) is 0 Å². The molecule has 1 N–H and O–H groups in total. The minimum absolute atomic E-state index is 0.816. The second-order valence-electron chi connectivity index (χ2n) is 2.36. The van der Waals surface area contributed by atoms with Crippen LogP contribution in [0.25, 0.3) is 0 Å². The van der Waals surface area contributed by atoms with Gasteiger partial charge in [0.05, 0.1) is 0 Å². The fraction of sp³-hybridized carbons (Fsp3) is 0. The van der Waals surface area contributed by atoms with Gasteiger partial charge in [0.2, 0.25) is 0 Å². The molecule has 0 saturated carbocycles. The van der Waals surface area contributed by atoms with Crippen molar-refractivity contribution in [1.29, 1.82) is 0 Å². The Balaban J connectivity index is 2.15. The van der Waals surface area contributed by atoms with Crippen LogP contribution in [-0.2, 0) is 0 Å². The van der Waals surface area contributed by atoms with Gasteiger partial charge in [-0.2, -0.15) is 0 Å². The van der Waals surface area contributed by atoms with Gasteiger partial charge in [0.25, 0.3) is 0 Å². The lowest BCUT2D eigenvalue weighted by Gasteiger charge is -2.09. The van der Waals surface area contributed by atoms with Gasteiger partial charge in [-0.1, -0.05) is 30.2 Å². The number of rotatable bonds is 2. The van der Waals surface area contributed by atoms with E-state index in [0.717, 1.165) is 11.6 Å². The van der Waals surface area contributed by atoms with Crippen molar-refractivity contribution in [3.63, 3.8) is 0 Å². The highest BCUT2D eigenvalue weighted by Crippen LogP contribution is 2.08. The number of hydrogen-bond donors (Lipinski definition) is 1. The minimum Gasteiger partial charge on any atom is -0.443 e. The third kappa shape index (κ3) is 1.45. The third-order valence-electron chi connectivity index (χ3n) is 1.47. The monoisotopic (exact) mass is 158 g/mol. The van der Waals surface area contributed by atoms with Crippen LogP contribution in [0.15, 0.2) is 42.7 Å². The van der Waals surface area contributed by atoms with Gasteiger partial charge in [0, 0.05) is 12.0 Å². The Morgan fingerprint density at radius 1 is 1.17 bits per heavy atom. The zero-order valence-electron chi connectivity index (χ0n) is 6.44. The maximum atomic E-state index is 4.10. The van der Waals surface area contributed by atoms with Gasteiger partial charge < -0.3 is 10.3 Å². The summed E-state index contributed by atoms with van der Waals surface area (Å²) in [5.41, 5.74) is 0. The smallest absolute Gasteiger partial charge is 0.0486 e. The number of pyridine rings is 1. The molecule has 3 heteroatoms. The molecular formula is C9H8N3-. The van der Waals surface area contributed by atoms with Crippen molar-refractivity contribution >= 4 is 11.6 Å². The lowest BCUT2D eigenvalue weighted by molar-refractivity contribution is 1.27. The number of nitrogens with one attached hydrogen (secondary N) is 1. The molecule has 0 fully saturated rings. The predicted molar refractivity (Wildman–Crippen MR) is 47.3 cm³/mol. The molecular weight excluding hydrogens is 150 g/mol. The minimum atomic E-state index is 0.816. The fourth-order valence-corrected chi connectivity index (χ4v) is 0.942. The maximum absolute atomic E-state index is 4.10. The SMILES string of the molecule is c1ccc(Nc2ccc[n-]2)nc1. The molecule has 0 unspecified atom stereocenters. The van der Waals surface area contributed by atoms with Crippen molar-refractivity contribution in [3.8, 4) is 0 Å². The van der Waals surface area contributed by atoms with Crippen LogP contribution >= 0.6 is 0 Å². The van der Waals surface area contributed by atoms with Crippen LogP contribution in [0.1, 0.15) is 0 Å². The first kappa shape index (κ1) is 6.91. The van der Waals surface area contributed by atoms with Crippen LogP contribution in [0.2, 0.25) is 0 Å². The number of aromatic nitrogens is 2. The summed E-state index contributed by atoms with van der Waals surface area (Å²) in [7, 11) is 0. The van der Waals surface area contributed by atoms with Gasteiger partial charge in [-0.05, 0) is 12.1 Å². The lowest BCUT2D eigenvalue weighted by Crippen LogP contribution is -1.92. The highest BCUT2D eigenvalue weighted by Gasteiger charge is 1.83. The molecule has 2 rings (SSSR count). The Kier molecular flexibility index (Phi) is 1.78. The van der Waals surface area contributed by atoms with Crippen molar-refractivity contribution in [1.82, 2.24) is 9.97 Å².